The Bertz CT molecular complexity index is 437. The normalized spacial score (nSPS) is 12.8. The van der Waals surface area contributed by atoms with Crippen LogP contribution in [0.5, 0.6) is 0 Å². The number of halogens is 1. The molecule has 0 aromatic heterocycles. The predicted octanol–water partition coefficient (Wildman–Crippen LogP) is 1.53. The molecule has 0 spiro atoms. The van der Waals surface area contributed by atoms with E-state index in [2.05, 4.69) is 5.32 Å². The molecule has 0 fully saturated rings. The third kappa shape index (κ3) is 4.90. The van der Waals surface area contributed by atoms with Gasteiger partial charge in [0.15, 0.2) is 0 Å². The minimum atomic E-state index is -0.305. The van der Waals surface area contributed by atoms with Crippen molar-refractivity contribution in [3.63, 3.8) is 0 Å². The lowest BCUT2D eigenvalue weighted by atomic mass is 10.1. The summed E-state index contributed by atoms with van der Waals surface area (Å²) in [7, 11) is 1.78. The number of carbonyl (C=O) groups excluding carboxylic acids is 1. The Kier molecular flexibility index (Phi) is 6.61. The Labute approximate surface area is 120 Å². The van der Waals surface area contributed by atoms with E-state index in [0.29, 0.717) is 18.0 Å². The zero-order valence-electron chi connectivity index (χ0n) is 12.4. The topological polar surface area (TPSA) is 58.4 Å². The number of hydrogen-bond donors (Lipinski definition) is 2. The van der Waals surface area contributed by atoms with Crippen LogP contribution in [0.25, 0.3) is 0 Å². The third-order valence-corrected chi connectivity index (χ3v) is 3.12. The van der Waals surface area contributed by atoms with Crippen LogP contribution >= 0.6 is 0 Å². The first-order chi connectivity index (χ1) is 9.45. The van der Waals surface area contributed by atoms with E-state index in [0.717, 1.165) is 0 Å². The third-order valence-electron chi connectivity index (χ3n) is 3.12. The number of benzene rings is 1. The summed E-state index contributed by atoms with van der Waals surface area (Å²) in [5, 5.41) is 2.84. The highest BCUT2D eigenvalue weighted by Crippen LogP contribution is 2.20. The van der Waals surface area contributed by atoms with Gasteiger partial charge in [-0.3, -0.25) is 9.69 Å². The molecule has 0 radical (unpaired) electrons. The summed E-state index contributed by atoms with van der Waals surface area (Å²) in [6.45, 7) is 5.16. The first kappa shape index (κ1) is 16.6. The van der Waals surface area contributed by atoms with Gasteiger partial charge in [0.25, 0.3) is 0 Å². The van der Waals surface area contributed by atoms with Gasteiger partial charge in [-0.2, -0.15) is 0 Å². The van der Waals surface area contributed by atoms with Gasteiger partial charge in [0.2, 0.25) is 5.91 Å². The average Bonchev–Trinajstić information content (AvgIpc) is 2.39. The van der Waals surface area contributed by atoms with E-state index >= 15 is 0 Å². The summed E-state index contributed by atoms with van der Waals surface area (Å²) in [6.07, 6.45) is 0. The van der Waals surface area contributed by atoms with Crippen LogP contribution in [-0.4, -0.2) is 37.5 Å². The smallest absolute Gasteiger partial charge is 0.234 e. The minimum absolute atomic E-state index is 0.0732. The van der Waals surface area contributed by atoms with Gasteiger partial charge in [-0.25, -0.2) is 4.39 Å². The highest BCUT2D eigenvalue weighted by atomic mass is 19.1. The second-order valence-corrected chi connectivity index (χ2v) is 5.39. The molecule has 112 valence electrons. The van der Waals surface area contributed by atoms with E-state index in [-0.39, 0.29) is 30.9 Å². The van der Waals surface area contributed by atoms with Gasteiger partial charge in [0.1, 0.15) is 5.82 Å². The lowest BCUT2D eigenvalue weighted by Gasteiger charge is -2.27. The summed E-state index contributed by atoms with van der Waals surface area (Å²) in [4.78, 5) is 13.6. The van der Waals surface area contributed by atoms with Crippen LogP contribution in [-0.2, 0) is 4.79 Å². The highest BCUT2D eigenvalue weighted by Gasteiger charge is 2.20. The predicted molar refractivity (Wildman–Crippen MR) is 78.7 cm³/mol. The molecule has 1 atom stereocenters. The van der Waals surface area contributed by atoms with Crippen molar-refractivity contribution < 1.29 is 9.18 Å². The molecule has 20 heavy (non-hydrogen) atoms. The van der Waals surface area contributed by atoms with Crippen molar-refractivity contribution in [1.29, 1.82) is 0 Å². The number of nitrogens with zero attached hydrogens (tertiary/aromatic N) is 1. The second-order valence-electron chi connectivity index (χ2n) is 5.39. The Morgan fingerprint density at radius 2 is 2.05 bits per heavy atom. The fourth-order valence-corrected chi connectivity index (χ4v) is 2.00. The molecule has 3 N–H and O–H groups in total. The highest BCUT2D eigenvalue weighted by molar-refractivity contribution is 5.78. The van der Waals surface area contributed by atoms with Crippen molar-refractivity contribution in [1.82, 2.24) is 10.2 Å². The fraction of sp³-hybridized carbons (Fsp3) is 0.533. The maximum atomic E-state index is 13.8. The van der Waals surface area contributed by atoms with Gasteiger partial charge >= 0.3 is 0 Å². The van der Waals surface area contributed by atoms with Crippen LogP contribution in [0.15, 0.2) is 24.3 Å². The average molecular weight is 281 g/mol. The zero-order valence-corrected chi connectivity index (χ0v) is 12.4. The molecule has 1 amide bonds. The van der Waals surface area contributed by atoms with Gasteiger partial charge < -0.3 is 11.1 Å². The molecule has 1 unspecified atom stereocenters. The van der Waals surface area contributed by atoms with Crippen LogP contribution in [0, 0.1) is 11.7 Å². The molecule has 0 heterocycles. The summed E-state index contributed by atoms with van der Waals surface area (Å²) >= 11 is 0. The second kappa shape index (κ2) is 7.97. The Balaban J connectivity index is 2.66. The van der Waals surface area contributed by atoms with Gasteiger partial charge in [-0.05, 0) is 19.0 Å². The Morgan fingerprint density at radius 1 is 1.40 bits per heavy atom. The number of rotatable bonds is 7. The van der Waals surface area contributed by atoms with E-state index in [1.807, 2.05) is 13.8 Å². The molecule has 5 heteroatoms. The summed E-state index contributed by atoms with van der Waals surface area (Å²) in [6, 6.07) is 6.22. The number of carbonyl (C=O) groups is 1. The molecular weight excluding hydrogens is 257 g/mol. The van der Waals surface area contributed by atoms with Crippen molar-refractivity contribution in [3.05, 3.63) is 35.6 Å². The quantitative estimate of drug-likeness (QED) is 0.797. The van der Waals surface area contributed by atoms with E-state index in [1.165, 1.54) is 6.07 Å². The van der Waals surface area contributed by atoms with Gasteiger partial charge in [-0.1, -0.05) is 32.0 Å². The molecule has 0 saturated carbocycles. The van der Waals surface area contributed by atoms with Crippen LogP contribution in [0.4, 0.5) is 4.39 Å². The molecule has 4 nitrogen and oxygen atoms in total. The summed E-state index contributed by atoms with van der Waals surface area (Å²) in [5.41, 5.74) is 6.25. The number of amides is 1. The van der Waals surface area contributed by atoms with Crippen LogP contribution in [0.1, 0.15) is 25.5 Å². The van der Waals surface area contributed by atoms with Crippen molar-refractivity contribution in [3.8, 4) is 0 Å². The summed E-state index contributed by atoms with van der Waals surface area (Å²) in [5.74, 6) is 0.0366. The minimum Gasteiger partial charge on any atom is -0.355 e. The van der Waals surface area contributed by atoms with Gasteiger partial charge in [0.05, 0.1) is 12.6 Å². The lowest BCUT2D eigenvalue weighted by molar-refractivity contribution is -0.122. The van der Waals surface area contributed by atoms with E-state index < -0.39 is 0 Å². The van der Waals surface area contributed by atoms with Crippen LogP contribution in [0.2, 0.25) is 0 Å². The van der Waals surface area contributed by atoms with Crippen LogP contribution in [0.3, 0.4) is 0 Å². The maximum Gasteiger partial charge on any atom is 0.234 e. The largest absolute Gasteiger partial charge is 0.355 e. The molecule has 1 rings (SSSR count). The fourth-order valence-electron chi connectivity index (χ4n) is 2.00. The molecular formula is C15H24FN3O. The first-order valence-electron chi connectivity index (χ1n) is 6.87. The SMILES string of the molecule is CC(C)CNC(=O)CN(C)C(CN)c1ccccc1F. The molecule has 0 aliphatic heterocycles. The molecule has 0 aliphatic rings. The lowest BCUT2D eigenvalue weighted by Crippen LogP contribution is -2.40. The Hall–Kier alpha value is -1.46. The number of nitrogens with one attached hydrogen (secondary N) is 1. The monoisotopic (exact) mass is 281 g/mol. The molecule has 0 aliphatic carbocycles. The molecule has 1 aromatic carbocycles. The molecule has 0 bridgehead atoms. The number of hydrogen-bond acceptors (Lipinski definition) is 3. The number of nitrogens with two attached hydrogens (primary N) is 1. The molecule has 1 aromatic rings. The standard InChI is InChI=1S/C15H24FN3O/c1-11(2)9-18-15(20)10-19(3)14(8-17)12-6-4-5-7-13(12)16/h4-7,11,14H,8-10,17H2,1-3H3,(H,18,20). The zero-order chi connectivity index (χ0) is 15.1. The van der Waals surface area contributed by atoms with Gasteiger partial charge in [0, 0.05) is 18.7 Å². The summed E-state index contributed by atoms with van der Waals surface area (Å²) < 4.78 is 13.8. The van der Waals surface area contributed by atoms with Crippen molar-refractivity contribution in [2.75, 3.05) is 26.7 Å². The van der Waals surface area contributed by atoms with E-state index in [9.17, 15) is 9.18 Å². The van der Waals surface area contributed by atoms with E-state index in [4.69, 9.17) is 5.73 Å². The first-order valence-corrected chi connectivity index (χ1v) is 6.87. The Morgan fingerprint density at radius 3 is 2.60 bits per heavy atom. The van der Waals surface area contributed by atoms with Gasteiger partial charge in [-0.15, -0.1) is 0 Å². The van der Waals surface area contributed by atoms with Crippen molar-refractivity contribution >= 4 is 5.91 Å². The van der Waals surface area contributed by atoms with Crippen molar-refractivity contribution in [2.45, 2.75) is 19.9 Å². The number of likely N-dealkylation sites (N-methyl/N-ethyl adjacent to an activating group) is 1. The molecule has 0 saturated heterocycles. The van der Waals surface area contributed by atoms with E-state index in [1.54, 1.807) is 30.1 Å². The van der Waals surface area contributed by atoms with Crippen LogP contribution < -0.4 is 11.1 Å². The maximum absolute atomic E-state index is 13.8. The van der Waals surface area contributed by atoms with Crippen molar-refractivity contribution in [2.24, 2.45) is 11.7 Å².